The predicted molar refractivity (Wildman–Crippen MR) is 84.0 cm³/mol. The van der Waals surface area contributed by atoms with E-state index in [0.717, 1.165) is 0 Å². The quantitative estimate of drug-likeness (QED) is 0.0716. The van der Waals surface area contributed by atoms with E-state index in [1.165, 1.54) is 6.21 Å². The third-order valence-electron chi connectivity index (χ3n) is 2.97. The lowest BCUT2D eigenvalue weighted by atomic mass is 10.2. The van der Waals surface area contributed by atoms with Gasteiger partial charge in [-0.3, -0.25) is 9.79 Å². The van der Waals surface area contributed by atoms with Gasteiger partial charge in [-0.15, -0.1) is 0 Å². The number of carbonyl (C=O) groups is 1. The van der Waals surface area contributed by atoms with Crippen LogP contribution >= 0.6 is 0 Å². The maximum absolute atomic E-state index is 13.4. The number of aliphatic hydroxyl groups excluding tert-OH is 1. The van der Waals surface area contributed by atoms with Gasteiger partial charge in [-0.05, 0) is 0 Å². The lowest BCUT2D eigenvalue weighted by molar-refractivity contribution is -0.136. The zero-order valence-corrected chi connectivity index (χ0v) is 13.9. The molecule has 0 unspecified atom stereocenters. The molecule has 150 valence electrons. The summed E-state index contributed by atoms with van der Waals surface area (Å²) in [6, 6.07) is 0. The first-order valence-corrected chi connectivity index (χ1v) is 7.50. The summed E-state index contributed by atoms with van der Waals surface area (Å²) < 4.78 is 74.8. The number of aliphatic imine (C=N–C) groups is 1. The number of carbonyl (C=O) groups excluding carboxylic acids is 1. The van der Waals surface area contributed by atoms with E-state index in [1.54, 1.807) is 0 Å². The second-order valence-corrected chi connectivity index (χ2v) is 4.86. The van der Waals surface area contributed by atoms with Crippen LogP contribution in [0.2, 0.25) is 0 Å². The summed E-state index contributed by atoms with van der Waals surface area (Å²) >= 11 is 0. The molecule has 1 aromatic carbocycles. The second kappa shape index (κ2) is 11.2. The normalized spacial score (nSPS) is 12.0. The van der Waals surface area contributed by atoms with Gasteiger partial charge < -0.3 is 20.4 Å². The number of benzene rings is 1. The number of nitrogens with two attached hydrogens (primary N) is 1. The average molecular weight is 397 g/mol. The number of nitrogens with zero attached hydrogens (tertiary/aromatic N) is 2. The summed E-state index contributed by atoms with van der Waals surface area (Å²) in [6.07, 6.45) is 1.06. The van der Waals surface area contributed by atoms with Crippen molar-refractivity contribution in [2.45, 2.75) is 12.8 Å². The molecule has 0 atom stereocenters. The Hall–Kier alpha value is -2.60. The highest BCUT2D eigenvalue weighted by Gasteiger charge is 2.28. The van der Waals surface area contributed by atoms with Crippen LogP contribution in [0.15, 0.2) is 10.1 Å². The van der Waals surface area contributed by atoms with Gasteiger partial charge in [-0.25, -0.2) is 13.2 Å². The fourth-order valence-corrected chi connectivity index (χ4v) is 1.66. The van der Waals surface area contributed by atoms with Crippen molar-refractivity contribution in [2.24, 2.45) is 15.9 Å². The Morgan fingerprint density at radius 1 is 1.00 bits per heavy atom. The van der Waals surface area contributed by atoms with Crippen molar-refractivity contribution in [1.82, 2.24) is 0 Å². The fraction of sp³-hybridized carbons (Fsp3) is 0.400. The lowest BCUT2D eigenvalue weighted by Gasteiger charge is -2.08. The molecule has 0 radical (unpaired) electrons. The maximum atomic E-state index is 13.4. The SMILES string of the molecule is N/N=C(\C=NCCOCCC(=O)Oc1c(F)c(F)c(F)c(F)c1F)CCO. The van der Waals surface area contributed by atoms with Gasteiger partial charge in [0.05, 0.1) is 31.9 Å². The van der Waals surface area contributed by atoms with Crippen LogP contribution in [0.3, 0.4) is 0 Å². The van der Waals surface area contributed by atoms with Crippen LogP contribution in [-0.4, -0.2) is 49.4 Å². The van der Waals surface area contributed by atoms with Gasteiger partial charge in [0.15, 0.2) is 0 Å². The molecule has 7 nitrogen and oxygen atoms in total. The third-order valence-corrected chi connectivity index (χ3v) is 2.97. The Morgan fingerprint density at radius 2 is 1.59 bits per heavy atom. The predicted octanol–water partition coefficient (Wildman–Crippen LogP) is 1.46. The minimum Gasteiger partial charge on any atom is -0.420 e. The van der Waals surface area contributed by atoms with Gasteiger partial charge in [0.25, 0.3) is 0 Å². The molecule has 1 rings (SSSR count). The number of halogens is 5. The number of hydrogen-bond acceptors (Lipinski definition) is 7. The third kappa shape index (κ3) is 6.57. The Kier molecular flexibility index (Phi) is 9.30. The van der Waals surface area contributed by atoms with Gasteiger partial charge in [0.2, 0.25) is 34.8 Å². The zero-order chi connectivity index (χ0) is 20.4. The van der Waals surface area contributed by atoms with Crippen molar-refractivity contribution in [3.8, 4) is 5.75 Å². The van der Waals surface area contributed by atoms with Crippen molar-refractivity contribution in [2.75, 3.05) is 26.4 Å². The topological polar surface area (TPSA) is 106 Å². The minimum absolute atomic E-state index is 0.0588. The van der Waals surface area contributed by atoms with Gasteiger partial charge in [-0.2, -0.15) is 13.9 Å². The number of rotatable bonds is 10. The van der Waals surface area contributed by atoms with Crippen LogP contribution in [0.5, 0.6) is 5.75 Å². The van der Waals surface area contributed by atoms with Crippen LogP contribution in [-0.2, 0) is 9.53 Å². The molecule has 0 amide bonds. The smallest absolute Gasteiger partial charge is 0.313 e. The monoisotopic (exact) mass is 397 g/mol. The van der Waals surface area contributed by atoms with Crippen molar-refractivity contribution in [3.63, 3.8) is 0 Å². The number of hydrogen-bond donors (Lipinski definition) is 2. The molecule has 0 saturated heterocycles. The molecule has 3 N–H and O–H groups in total. The van der Waals surface area contributed by atoms with E-state index in [4.69, 9.17) is 15.7 Å². The molecule has 0 aromatic heterocycles. The molecule has 0 saturated carbocycles. The van der Waals surface area contributed by atoms with Crippen molar-refractivity contribution in [3.05, 3.63) is 29.1 Å². The van der Waals surface area contributed by atoms with Crippen LogP contribution in [0.25, 0.3) is 0 Å². The summed E-state index contributed by atoms with van der Waals surface area (Å²) in [5.41, 5.74) is 0.365. The Balaban J connectivity index is 2.42. The van der Waals surface area contributed by atoms with E-state index < -0.39 is 47.2 Å². The summed E-state index contributed by atoms with van der Waals surface area (Å²) in [4.78, 5) is 15.3. The number of aliphatic hydroxyl groups is 1. The van der Waals surface area contributed by atoms with Crippen LogP contribution < -0.4 is 10.6 Å². The van der Waals surface area contributed by atoms with E-state index in [-0.39, 0.29) is 32.8 Å². The first-order chi connectivity index (χ1) is 12.8. The van der Waals surface area contributed by atoms with E-state index in [2.05, 4.69) is 14.8 Å². The number of hydrazone groups is 1. The van der Waals surface area contributed by atoms with Gasteiger partial charge in [0, 0.05) is 19.2 Å². The molecule has 0 aliphatic rings. The van der Waals surface area contributed by atoms with Crippen LogP contribution in [0.1, 0.15) is 12.8 Å². The molecule has 0 fully saturated rings. The van der Waals surface area contributed by atoms with E-state index in [1.807, 2.05) is 0 Å². The first kappa shape index (κ1) is 22.4. The minimum atomic E-state index is -2.35. The molecule has 1 aromatic rings. The fourth-order valence-electron chi connectivity index (χ4n) is 1.66. The molecular weight excluding hydrogens is 381 g/mol. The zero-order valence-electron chi connectivity index (χ0n) is 13.9. The summed E-state index contributed by atoms with van der Waals surface area (Å²) in [6.45, 7) is -0.164. The highest BCUT2D eigenvalue weighted by Crippen LogP contribution is 2.29. The Bertz CT molecular complexity index is 699. The molecular formula is C15H16F5N3O4. The lowest BCUT2D eigenvalue weighted by Crippen LogP contribution is -2.16. The summed E-state index contributed by atoms with van der Waals surface area (Å²) in [5, 5.41) is 12.1. The van der Waals surface area contributed by atoms with Gasteiger partial charge >= 0.3 is 5.97 Å². The van der Waals surface area contributed by atoms with Gasteiger partial charge in [-0.1, -0.05) is 0 Å². The van der Waals surface area contributed by atoms with E-state index in [0.29, 0.717) is 5.71 Å². The highest BCUT2D eigenvalue weighted by molar-refractivity contribution is 6.30. The summed E-state index contributed by atoms with van der Waals surface area (Å²) in [5.74, 6) is -9.13. The van der Waals surface area contributed by atoms with Gasteiger partial charge in [0.1, 0.15) is 0 Å². The Morgan fingerprint density at radius 3 is 2.15 bits per heavy atom. The summed E-state index contributed by atoms with van der Waals surface area (Å²) in [7, 11) is 0. The molecule has 0 bridgehead atoms. The van der Waals surface area contributed by atoms with E-state index in [9.17, 15) is 26.7 Å². The average Bonchev–Trinajstić information content (AvgIpc) is 2.66. The number of esters is 1. The van der Waals surface area contributed by atoms with Crippen LogP contribution in [0.4, 0.5) is 22.0 Å². The second-order valence-electron chi connectivity index (χ2n) is 4.86. The van der Waals surface area contributed by atoms with E-state index >= 15 is 0 Å². The van der Waals surface area contributed by atoms with Crippen molar-refractivity contribution in [1.29, 1.82) is 0 Å². The standard InChI is InChI=1S/C15H16F5N3O4/c16-10-11(17)13(19)15(14(20)12(10)18)27-9(25)2-5-26-6-3-22-7-8(23-21)1-4-24/h7,24H,1-6,21H2/b22-7?,23-8-. The van der Waals surface area contributed by atoms with Crippen LogP contribution in [0, 0.1) is 29.1 Å². The molecule has 0 aliphatic carbocycles. The molecule has 12 heteroatoms. The Labute approximate surface area is 150 Å². The molecule has 0 aliphatic heterocycles. The van der Waals surface area contributed by atoms with Crippen molar-refractivity contribution >= 4 is 17.9 Å². The number of ether oxygens (including phenoxy) is 2. The molecule has 0 heterocycles. The molecule has 27 heavy (non-hydrogen) atoms. The highest BCUT2D eigenvalue weighted by atomic mass is 19.2. The van der Waals surface area contributed by atoms with Crippen molar-refractivity contribution < 1.29 is 41.3 Å². The molecule has 0 spiro atoms. The first-order valence-electron chi connectivity index (χ1n) is 7.50. The maximum Gasteiger partial charge on any atom is 0.313 e. The largest absolute Gasteiger partial charge is 0.420 e.